The highest BCUT2D eigenvalue weighted by Crippen LogP contribution is 2.59. The van der Waals surface area contributed by atoms with Crippen LogP contribution in [0.2, 0.25) is 0 Å². The van der Waals surface area contributed by atoms with Gasteiger partial charge in [0.25, 0.3) is 0 Å². The highest BCUT2D eigenvalue weighted by atomic mass is 32.1. The molecule has 1 aliphatic heterocycles. The van der Waals surface area contributed by atoms with Gasteiger partial charge in [0.05, 0.1) is 11.1 Å². The number of carbonyl (C=O) groups excluding carboxylic acids is 1. The van der Waals surface area contributed by atoms with Crippen LogP contribution in [0.5, 0.6) is 5.75 Å². The topological polar surface area (TPSA) is 46.5 Å². The summed E-state index contributed by atoms with van der Waals surface area (Å²) in [6.07, 6.45) is 3.34. The van der Waals surface area contributed by atoms with E-state index in [2.05, 4.69) is 11.4 Å². The van der Waals surface area contributed by atoms with Crippen molar-refractivity contribution in [2.75, 3.05) is 0 Å². The predicted molar refractivity (Wildman–Crippen MR) is 93.4 cm³/mol. The average molecular weight is 338 g/mol. The van der Waals surface area contributed by atoms with E-state index in [1.54, 1.807) is 11.3 Å². The number of carbonyl (C=O) groups is 1. The zero-order valence-electron chi connectivity index (χ0n) is 13.2. The van der Waals surface area contributed by atoms with Crippen molar-refractivity contribution >= 4 is 22.9 Å². The van der Waals surface area contributed by atoms with Gasteiger partial charge in [-0.1, -0.05) is 18.2 Å². The van der Waals surface area contributed by atoms with Gasteiger partial charge in [0.1, 0.15) is 17.1 Å². The summed E-state index contributed by atoms with van der Waals surface area (Å²) in [5.74, 6) is 1.32. The number of ketones is 1. The maximum absolute atomic E-state index is 13.0. The van der Waals surface area contributed by atoms with E-state index in [-0.39, 0.29) is 23.4 Å². The fourth-order valence-electron chi connectivity index (χ4n) is 4.91. The van der Waals surface area contributed by atoms with Crippen molar-refractivity contribution in [3.8, 4) is 5.75 Å². The molecule has 3 aliphatic rings. The van der Waals surface area contributed by atoms with E-state index in [0.717, 1.165) is 19.3 Å². The van der Waals surface area contributed by atoms with Gasteiger partial charge >= 0.3 is 0 Å². The molecule has 2 aliphatic carbocycles. The molecule has 0 bridgehead atoms. The van der Waals surface area contributed by atoms with Gasteiger partial charge in [-0.2, -0.15) is 0 Å². The first-order chi connectivity index (χ1) is 11.7. The molecule has 1 aromatic carbocycles. The van der Waals surface area contributed by atoms with Crippen LogP contribution in [0, 0.1) is 5.92 Å². The van der Waals surface area contributed by atoms with Crippen molar-refractivity contribution < 1.29 is 14.6 Å². The highest BCUT2D eigenvalue weighted by molar-refractivity contribution is 7.10. The van der Waals surface area contributed by atoms with Crippen molar-refractivity contribution in [1.29, 1.82) is 0 Å². The lowest BCUT2D eigenvalue weighted by Crippen LogP contribution is -2.52. The fraction of sp³-hybridized carbons (Fsp3) is 0.350. The summed E-state index contributed by atoms with van der Waals surface area (Å²) in [4.78, 5) is 14.3. The lowest BCUT2D eigenvalue weighted by molar-refractivity contribution is -0.122. The number of hydrogen-bond donors (Lipinski definition) is 1. The van der Waals surface area contributed by atoms with Crippen molar-refractivity contribution in [3.63, 3.8) is 0 Å². The maximum Gasteiger partial charge on any atom is 0.167 e. The van der Waals surface area contributed by atoms with E-state index in [9.17, 15) is 9.90 Å². The first-order valence-electron chi connectivity index (χ1n) is 8.49. The average Bonchev–Trinajstić information content (AvgIpc) is 3.23. The van der Waals surface area contributed by atoms with Crippen LogP contribution in [0.15, 0.2) is 47.4 Å². The van der Waals surface area contributed by atoms with Crippen LogP contribution >= 0.6 is 11.3 Å². The van der Waals surface area contributed by atoms with Gasteiger partial charge < -0.3 is 9.84 Å². The summed E-state index contributed by atoms with van der Waals surface area (Å²) in [5.41, 5.74) is 0.519. The number of thiophene rings is 1. The molecule has 3 nitrogen and oxygen atoms in total. The van der Waals surface area contributed by atoms with E-state index in [1.807, 2.05) is 30.3 Å². The molecule has 2 heterocycles. The summed E-state index contributed by atoms with van der Waals surface area (Å²) in [5, 5.41) is 12.9. The second-order valence-electron chi connectivity index (χ2n) is 6.96. The summed E-state index contributed by atoms with van der Waals surface area (Å²) in [7, 11) is 0. The number of rotatable bonds is 1. The number of fused-ring (bicyclic) bond motifs is 1. The Hall–Kier alpha value is -2.07. The Morgan fingerprint density at radius 3 is 2.92 bits per heavy atom. The molecular weight excluding hydrogens is 320 g/mol. The van der Waals surface area contributed by atoms with Gasteiger partial charge in [0.2, 0.25) is 0 Å². The minimum atomic E-state index is -0.650. The van der Waals surface area contributed by atoms with Gasteiger partial charge in [-0.25, -0.2) is 0 Å². The third kappa shape index (κ3) is 1.75. The fourth-order valence-corrected chi connectivity index (χ4v) is 5.81. The highest BCUT2D eigenvalue weighted by Gasteiger charge is 2.59. The van der Waals surface area contributed by atoms with Gasteiger partial charge in [-0.3, -0.25) is 4.79 Å². The summed E-state index contributed by atoms with van der Waals surface area (Å²) >= 11 is 1.72. The van der Waals surface area contributed by atoms with Crippen molar-refractivity contribution in [1.82, 2.24) is 0 Å². The van der Waals surface area contributed by atoms with Crippen LogP contribution in [0.25, 0.3) is 5.76 Å². The molecule has 122 valence electrons. The molecule has 0 amide bonds. The normalized spacial score (nSPS) is 31.2. The number of para-hydroxylation sites is 1. The van der Waals surface area contributed by atoms with Crippen molar-refractivity contribution in [2.45, 2.75) is 37.2 Å². The number of hydrogen-bond acceptors (Lipinski definition) is 4. The molecule has 2 aromatic rings. The predicted octanol–water partition coefficient (Wildman–Crippen LogP) is 4.71. The Balaban J connectivity index is 1.71. The number of aliphatic hydroxyl groups excluding tert-OH is 1. The lowest BCUT2D eigenvalue weighted by atomic mass is 9.65. The van der Waals surface area contributed by atoms with E-state index >= 15 is 0 Å². The molecule has 24 heavy (non-hydrogen) atoms. The number of ether oxygens (including phenoxy) is 1. The Morgan fingerprint density at radius 1 is 1.21 bits per heavy atom. The smallest absolute Gasteiger partial charge is 0.167 e. The SMILES string of the molecule is O=C1C[C@@H](c2cccs2)[C@@H]2CCC[C@@]23Oc2ccccc2C(O)=C13. The van der Waals surface area contributed by atoms with Gasteiger partial charge in [0.15, 0.2) is 5.78 Å². The molecule has 0 saturated heterocycles. The third-order valence-electron chi connectivity index (χ3n) is 5.83. The van der Waals surface area contributed by atoms with Crippen molar-refractivity contribution in [3.05, 3.63) is 57.8 Å². The molecule has 1 spiro atoms. The molecule has 1 N–H and O–H groups in total. The Kier molecular flexibility index (Phi) is 2.95. The zero-order chi connectivity index (χ0) is 16.3. The standard InChI is InChI=1S/C20H18O3S/c21-15-11-13(17-8-4-10-24-17)14-6-3-9-20(14)18(15)19(22)12-5-1-2-7-16(12)23-20/h1-2,4-5,7-8,10,13-14,22H,3,6,9,11H2/t13-,14+,20-/m1/s1. The van der Waals surface area contributed by atoms with Gasteiger partial charge in [-0.05, 0) is 42.8 Å². The van der Waals surface area contributed by atoms with Crippen molar-refractivity contribution in [2.24, 2.45) is 5.92 Å². The zero-order valence-corrected chi connectivity index (χ0v) is 14.0. The molecule has 2 fully saturated rings. The van der Waals surface area contributed by atoms with Crippen LogP contribution in [0.1, 0.15) is 42.0 Å². The monoisotopic (exact) mass is 338 g/mol. The molecule has 1 aromatic heterocycles. The maximum atomic E-state index is 13.0. The van der Waals surface area contributed by atoms with E-state index in [1.165, 1.54) is 4.88 Å². The number of benzene rings is 1. The van der Waals surface area contributed by atoms with Crippen LogP contribution in [-0.4, -0.2) is 16.5 Å². The second-order valence-corrected chi connectivity index (χ2v) is 7.94. The van der Waals surface area contributed by atoms with Gasteiger partial charge in [-0.15, -0.1) is 11.3 Å². The molecular formula is C20H18O3S. The summed E-state index contributed by atoms with van der Waals surface area (Å²) in [6, 6.07) is 11.7. The summed E-state index contributed by atoms with van der Waals surface area (Å²) in [6.45, 7) is 0. The van der Waals surface area contributed by atoms with E-state index in [4.69, 9.17) is 4.74 Å². The number of aliphatic hydroxyl groups is 1. The minimum absolute atomic E-state index is 0.0403. The Labute approximate surface area is 144 Å². The molecule has 3 atom stereocenters. The number of Topliss-reactive ketones (excluding diaryl/α,β-unsaturated/α-hetero) is 1. The van der Waals surface area contributed by atoms with Crippen LogP contribution < -0.4 is 4.74 Å². The largest absolute Gasteiger partial charge is 0.507 e. The molecule has 2 saturated carbocycles. The second kappa shape index (κ2) is 4.96. The Morgan fingerprint density at radius 2 is 2.08 bits per heavy atom. The van der Waals surface area contributed by atoms with Gasteiger partial charge in [0, 0.05) is 23.1 Å². The van der Waals surface area contributed by atoms with Crippen LogP contribution in [-0.2, 0) is 4.79 Å². The first kappa shape index (κ1) is 14.3. The third-order valence-corrected chi connectivity index (χ3v) is 6.84. The lowest BCUT2D eigenvalue weighted by Gasteiger charge is -2.47. The van der Waals surface area contributed by atoms with E-state index in [0.29, 0.717) is 23.3 Å². The molecule has 4 heteroatoms. The Bertz CT molecular complexity index is 852. The minimum Gasteiger partial charge on any atom is -0.507 e. The quantitative estimate of drug-likeness (QED) is 0.819. The molecule has 0 unspecified atom stereocenters. The van der Waals surface area contributed by atoms with Crippen LogP contribution in [0.3, 0.4) is 0 Å². The first-order valence-corrected chi connectivity index (χ1v) is 9.37. The van der Waals surface area contributed by atoms with Crippen LogP contribution in [0.4, 0.5) is 0 Å². The molecule has 0 radical (unpaired) electrons. The summed E-state index contributed by atoms with van der Waals surface area (Å²) < 4.78 is 6.48. The van der Waals surface area contributed by atoms with E-state index < -0.39 is 5.60 Å². The molecule has 5 rings (SSSR count).